The van der Waals surface area contributed by atoms with E-state index in [1.54, 1.807) is 23.1 Å². The minimum atomic E-state index is -0.115. The Hall–Kier alpha value is -3.41. The molecule has 142 valence electrons. The van der Waals surface area contributed by atoms with Crippen molar-refractivity contribution in [3.63, 3.8) is 0 Å². The van der Waals surface area contributed by atoms with E-state index in [0.29, 0.717) is 24.6 Å². The second kappa shape index (κ2) is 7.31. The van der Waals surface area contributed by atoms with Crippen molar-refractivity contribution < 1.29 is 9.59 Å². The molecule has 0 unspecified atom stereocenters. The van der Waals surface area contributed by atoms with Gasteiger partial charge in [0.15, 0.2) is 0 Å². The maximum Gasteiger partial charge on any atom is 0.260 e. The van der Waals surface area contributed by atoms with Gasteiger partial charge in [-0.05, 0) is 43.7 Å². The number of rotatable bonds is 4. The standard InChI is InChI=1S/C22H22N4O2/c1-15(2)13-20(27)23-14-16-7-9-17(10-8-16)21(28)26-12-11-25-19-6-4-3-5-18(19)24-22(25)26/h3-10,13H,11-12,14H2,1-2H3,(H,23,27). The van der Waals surface area contributed by atoms with E-state index in [2.05, 4.69) is 14.9 Å². The first-order valence-electron chi connectivity index (χ1n) is 9.32. The fourth-order valence-electron chi connectivity index (χ4n) is 3.41. The lowest BCUT2D eigenvalue weighted by Crippen LogP contribution is -2.29. The number of anilines is 1. The van der Waals surface area contributed by atoms with Crippen molar-refractivity contribution in [1.82, 2.24) is 14.9 Å². The lowest BCUT2D eigenvalue weighted by atomic mass is 10.1. The largest absolute Gasteiger partial charge is 0.348 e. The Morgan fingerprint density at radius 3 is 2.57 bits per heavy atom. The molecule has 6 heteroatoms. The Labute approximate surface area is 163 Å². The quantitative estimate of drug-likeness (QED) is 0.713. The van der Waals surface area contributed by atoms with Crippen molar-refractivity contribution in [3.8, 4) is 0 Å². The fourth-order valence-corrected chi connectivity index (χ4v) is 3.41. The highest BCUT2D eigenvalue weighted by atomic mass is 16.2. The van der Waals surface area contributed by atoms with Gasteiger partial charge in [0.2, 0.25) is 11.9 Å². The van der Waals surface area contributed by atoms with Crippen LogP contribution in [0.3, 0.4) is 0 Å². The summed E-state index contributed by atoms with van der Waals surface area (Å²) >= 11 is 0. The Morgan fingerprint density at radius 2 is 1.82 bits per heavy atom. The highest BCUT2D eigenvalue weighted by Crippen LogP contribution is 2.28. The van der Waals surface area contributed by atoms with E-state index in [-0.39, 0.29) is 11.8 Å². The molecule has 4 rings (SSSR count). The van der Waals surface area contributed by atoms with E-state index in [1.165, 1.54) is 0 Å². The van der Waals surface area contributed by atoms with Crippen molar-refractivity contribution in [3.05, 3.63) is 71.3 Å². The van der Waals surface area contributed by atoms with Crippen LogP contribution in [0.1, 0.15) is 29.8 Å². The molecule has 1 aliphatic heterocycles. The maximum absolute atomic E-state index is 13.0. The van der Waals surface area contributed by atoms with Gasteiger partial charge in [0.1, 0.15) is 0 Å². The molecule has 0 aliphatic carbocycles. The lowest BCUT2D eigenvalue weighted by molar-refractivity contribution is -0.116. The Balaban J connectivity index is 1.48. The van der Waals surface area contributed by atoms with E-state index in [0.717, 1.165) is 28.7 Å². The first-order valence-corrected chi connectivity index (χ1v) is 9.32. The third-order valence-corrected chi connectivity index (χ3v) is 4.76. The van der Waals surface area contributed by atoms with Crippen molar-refractivity contribution in [2.45, 2.75) is 26.9 Å². The molecule has 28 heavy (non-hydrogen) atoms. The van der Waals surface area contributed by atoms with Gasteiger partial charge in [-0.3, -0.25) is 14.5 Å². The number of hydrogen-bond acceptors (Lipinski definition) is 3. The molecule has 3 aromatic rings. The van der Waals surface area contributed by atoms with E-state index >= 15 is 0 Å². The highest BCUT2D eigenvalue weighted by Gasteiger charge is 2.28. The van der Waals surface area contributed by atoms with Gasteiger partial charge < -0.3 is 9.88 Å². The molecular weight excluding hydrogens is 352 g/mol. The topological polar surface area (TPSA) is 67.2 Å². The van der Waals surface area contributed by atoms with Gasteiger partial charge >= 0.3 is 0 Å². The number of aromatic nitrogens is 2. The van der Waals surface area contributed by atoms with Crippen LogP contribution < -0.4 is 10.2 Å². The smallest absolute Gasteiger partial charge is 0.260 e. The zero-order valence-corrected chi connectivity index (χ0v) is 16.0. The Kier molecular flexibility index (Phi) is 4.69. The summed E-state index contributed by atoms with van der Waals surface area (Å²) in [6.07, 6.45) is 1.57. The molecule has 0 radical (unpaired) electrons. The summed E-state index contributed by atoms with van der Waals surface area (Å²) in [7, 11) is 0. The molecule has 1 aliphatic rings. The highest BCUT2D eigenvalue weighted by molar-refractivity contribution is 6.06. The third kappa shape index (κ3) is 3.41. The first kappa shape index (κ1) is 18.0. The summed E-state index contributed by atoms with van der Waals surface area (Å²) < 4.78 is 2.08. The molecule has 0 saturated heterocycles. The summed E-state index contributed by atoms with van der Waals surface area (Å²) in [5.41, 5.74) is 4.46. The number of carbonyl (C=O) groups is 2. The number of hydrogen-bond donors (Lipinski definition) is 1. The normalized spacial score (nSPS) is 12.7. The number of para-hydroxylation sites is 2. The number of nitrogens with zero attached hydrogens (tertiary/aromatic N) is 3. The number of nitrogens with one attached hydrogen (secondary N) is 1. The molecule has 1 N–H and O–H groups in total. The van der Waals surface area contributed by atoms with E-state index < -0.39 is 0 Å². The van der Waals surface area contributed by atoms with Gasteiger partial charge in [0, 0.05) is 31.3 Å². The molecule has 2 aromatic carbocycles. The first-order chi connectivity index (χ1) is 13.5. The van der Waals surface area contributed by atoms with Crippen molar-refractivity contribution >= 4 is 28.8 Å². The molecule has 0 spiro atoms. The van der Waals surface area contributed by atoms with Crippen LogP contribution in [0.5, 0.6) is 0 Å². The zero-order chi connectivity index (χ0) is 19.7. The van der Waals surface area contributed by atoms with Gasteiger partial charge in [-0.2, -0.15) is 0 Å². The summed E-state index contributed by atoms with van der Waals surface area (Å²) in [5.74, 6) is 0.523. The van der Waals surface area contributed by atoms with Crippen LogP contribution >= 0.6 is 0 Å². The average Bonchev–Trinajstić information content (AvgIpc) is 3.25. The molecule has 0 atom stereocenters. The number of imidazole rings is 1. The summed E-state index contributed by atoms with van der Waals surface area (Å²) in [6.45, 7) is 5.55. The second-order valence-corrected chi connectivity index (χ2v) is 7.15. The Morgan fingerprint density at radius 1 is 1.07 bits per heavy atom. The minimum absolute atomic E-state index is 0.0609. The number of allylic oxidation sites excluding steroid dienone is 1. The van der Waals surface area contributed by atoms with Crippen LogP contribution in [0, 0.1) is 0 Å². The second-order valence-electron chi connectivity index (χ2n) is 7.15. The predicted molar refractivity (Wildman–Crippen MR) is 109 cm³/mol. The molecular formula is C22H22N4O2. The van der Waals surface area contributed by atoms with Gasteiger partial charge in [-0.25, -0.2) is 4.98 Å². The number of benzene rings is 2. The van der Waals surface area contributed by atoms with Crippen LogP contribution in [-0.2, 0) is 17.9 Å². The SMILES string of the molecule is CC(C)=CC(=O)NCc1ccc(C(=O)N2CCn3c2nc2ccccc23)cc1. The minimum Gasteiger partial charge on any atom is -0.348 e. The number of fused-ring (bicyclic) bond motifs is 3. The maximum atomic E-state index is 13.0. The molecule has 1 aromatic heterocycles. The molecule has 6 nitrogen and oxygen atoms in total. The summed E-state index contributed by atoms with van der Waals surface area (Å²) in [4.78, 5) is 31.0. The summed E-state index contributed by atoms with van der Waals surface area (Å²) in [6, 6.07) is 15.3. The molecule has 2 amide bonds. The predicted octanol–water partition coefficient (Wildman–Crippen LogP) is 3.28. The number of amides is 2. The number of carbonyl (C=O) groups excluding carboxylic acids is 2. The average molecular weight is 374 g/mol. The molecule has 0 bridgehead atoms. The van der Waals surface area contributed by atoms with E-state index in [1.807, 2.05) is 50.2 Å². The van der Waals surface area contributed by atoms with Crippen LogP contribution in [0.15, 0.2) is 60.2 Å². The van der Waals surface area contributed by atoms with Crippen LogP contribution in [-0.4, -0.2) is 27.9 Å². The Bertz CT molecular complexity index is 1080. The van der Waals surface area contributed by atoms with Crippen LogP contribution in [0.25, 0.3) is 11.0 Å². The van der Waals surface area contributed by atoms with Crippen molar-refractivity contribution in [1.29, 1.82) is 0 Å². The van der Waals surface area contributed by atoms with Crippen LogP contribution in [0.4, 0.5) is 5.95 Å². The van der Waals surface area contributed by atoms with Gasteiger partial charge in [0.25, 0.3) is 5.91 Å². The van der Waals surface area contributed by atoms with Gasteiger partial charge in [-0.15, -0.1) is 0 Å². The van der Waals surface area contributed by atoms with Gasteiger partial charge in [0.05, 0.1) is 11.0 Å². The lowest BCUT2D eigenvalue weighted by Gasteiger charge is -2.14. The van der Waals surface area contributed by atoms with E-state index in [4.69, 9.17) is 0 Å². The zero-order valence-electron chi connectivity index (χ0n) is 16.0. The summed E-state index contributed by atoms with van der Waals surface area (Å²) in [5, 5.41) is 2.84. The monoisotopic (exact) mass is 374 g/mol. The van der Waals surface area contributed by atoms with Crippen LogP contribution in [0.2, 0.25) is 0 Å². The third-order valence-electron chi connectivity index (χ3n) is 4.76. The fraction of sp³-hybridized carbons (Fsp3) is 0.227. The van der Waals surface area contributed by atoms with Crippen molar-refractivity contribution in [2.75, 3.05) is 11.4 Å². The van der Waals surface area contributed by atoms with Crippen molar-refractivity contribution in [2.24, 2.45) is 0 Å². The van der Waals surface area contributed by atoms with Gasteiger partial charge in [-0.1, -0.05) is 29.8 Å². The molecule has 0 fully saturated rings. The molecule has 2 heterocycles. The van der Waals surface area contributed by atoms with E-state index in [9.17, 15) is 9.59 Å². The molecule has 0 saturated carbocycles.